The van der Waals surface area contributed by atoms with E-state index in [-0.39, 0.29) is 28.9 Å². The van der Waals surface area contributed by atoms with Gasteiger partial charge in [-0.15, -0.1) is 0 Å². The number of aryl methyl sites for hydroxylation is 1. The Balaban J connectivity index is 1.95. The highest BCUT2D eigenvalue weighted by atomic mass is 32.2. The SMILES string of the molecule is COCCCNC(=O)c1ccc(CS(=O)(=O)Cc2ccccc2C)o1. The van der Waals surface area contributed by atoms with Crippen molar-refractivity contribution in [1.82, 2.24) is 5.32 Å². The Morgan fingerprint density at radius 1 is 1.16 bits per heavy atom. The average Bonchev–Trinajstić information content (AvgIpc) is 3.01. The molecule has 0 radical (unpaired) electrons. The Hall–Kier alpha value is -2.12. The van der Waals surface area contributed by atoms with Crippen molar-refractivity contribution in [2.24, 2.45) is 0 Å². The van der Waals surface area contributed by atoms with Crippen LogP contribution in [0.5, 0.6) is 0 Å². The Morgan fingerprint density at radius 2 is 1.92 bits per heavy atom. The zero-order chi connectivity index (χ0) is 18.3. The minimum absolute atomic E-state index is 0.0566. The van der Waals surface area contributed by atoms with Crippen LogP contribution in [0, 0.1) is 6.92 Å². The number of rotatable bonds is 9. The van der Waals surface area contributed by atoms with Crippen LogP contribution in [0.25, 0.3) is 0 Å². The number of sulfone groups is 1. The van der Waals surface area contributed by atoms with Crippen LogP contribution >= 0.6 is 0 Å². The number of nitrogens with one attached hydrogen (secondary N) is 1. The first-order chi connectivity index (χ1) is 11.9. The van der Waals surface area contributed by atoms with E-state index in [4.69, 9.17) is 9.15 Å². The predicted molar refractivity (Wildman–Crippen MR) is 95.0 cm³/mol. The van der Waals surface area contributed by atoms with Gasteiger partial charge in [-0.25, -0.2) is 8.42 Å². The number of benzene rings is 1. The van der Waals surface area contributed by atoms with E-state index in [1.807, 2.05) is 25.1 Å². The summed E-state index contributed by atoms with van der Waals surface area (Å²) in [5.74, 6) is -0.287. The summed E-state index contributed by atoms with van der Waals surface area (Å²) in [6.07, 6.45) is 0.695. The first kappa shape index (κ1) is 19.2. The molecule has 0 unspecified atom stereocenters. The van der Waals surface area contributed by atoms with Gasteiger partial charge in [0.1, 0.15) is 11.5 Å². The van der Waals surface area contributed by atoms with Gasteiger partial charge in [0.05, 0.1) is 5.75 Å². The number of methoxy groups -OCH3 is 1. The number of hydrogen-bond donors (Lipinski definition) is 1. The Kier molecular flexibility index (Phi) is 6.78. The Morgan fingerprint density at radius 3 is 2.64 bits per heavy atom. The Labute approximate surface area is 148 Å². The monoisotopic (exact) mass is 365 g/mol. The molecule has 2 rings (SSSR count). The molecule has 1 heterocycles. The lowest BCUT2D eigenvalue weighted by atomic mass is 10.1. The van der Waals surface area contributed by atoms with Crippen LogP contribution in [0.15, 0.2) is 40.8 Å². The molecule has 0 bridgehead atoms. The molecule has 1 aromatic heterocycles. The molecule has 0 aliphatic carbocycles. The molecule has 0 saturated heterocycles. The molecule has 2 aromatic rings. The molecule has 136 valence electrons. The minimum atomic E-state index is -3.39. The zero-order valence-electron chi connectivity index (χ0n) is 14.4. The average molecular weight is 365 g/mol. The van der Waals surface area contributed by atoms with Crippen molar-refractivity contribution in [1.29, 1.82) is 0 Å². The van der Waals surface area contributed by atoms with Gasteiger partial charge in [0.2, 0.25) is 0 Å². The molecule has 1 N–H and O–H groups in total. The topological polar surface area (TPSA) is 85.6 Å². The molecule has 1 amide bonds. The summed E-state index contributed by atoms with van der Waals surface area (Å²) in [5, 5.41) is 2.70. The number of amides is 1. The van der Waals surface area contributed by atoms with Gasteiger partial charge in [-0.1, -0.05) is 24.3 Å². The first-order valence-electron chi connectivity index (χ1n) is 8.02. The normalized spacial score (nSPS) is 11.4. The van der Waals surface area contributed by atoms with Crippen LogP contribution in [0.2, 0.25) is 0 Å². The lowest BCUT2D eigenvalue weighted by Gasteiger charge is -2.06. The van der Waals surface area contributed by atoms with Crippen molar-refractivity contribution < 1.29 is 22.4 Å². The third kappa shape index (κ3) is 6.03. The van der Waals surface area contributed by atoms with Gasteiger partial charge in [0.15, 0.2) is 15.6 Å². The van der Waals surface area contributed by atoms with E-state index in [0.717, 1.165) is 11.1 Å². The van der Waals surface area contributed by atoms with E-state index in [1.165, 1.54) is 12.1 Å². The molecule has 0 fully saturated rings. The van der Waals surface area contributed by atoms with E-state index >= 15 is 0 Å². The second kappa shape index (κ2) is 8.82. The summed E-state index contributed by atoms with van der Waals surface area (Å²) in [6, 6.07) is 10.4. The summed E-state index contributed by atoms with van der Waals surface area (Å²) in [6.45, 7) is 2.90. The fourth-order valence-electron chi connectivity index (χ4n) is 2.36. The van der Waals surface area contributed by atoms with Crippen molar-refractivity contribution in [3.05, 3.63) is 59.0 Å². The molecular weight excluding hydrogens is 342 g/mol. The first-order valence-corrected chi connectivity index (χ1v) is 9.84. The van der Waals surface area contributed by atoms with Crippen LogP contribution in [-0.4, -0.2) is 34.6 Å². The zero-order valence-corrected chi connectivity index (χ0v) is 15.3. The van der Waals surface area contributed by atoms with E-state index in [0.29, 0.717) is 19.6 Å². The summed E-state index contributed by atoms with van der Waals surface area (Å²) < 4.78 is 35.0. The standard InChI is InChI=1S/C18H23NO5S/c1-14-6-3-4-7-15(14)12-25(21,22)13-16-8-9-17(24-16)18(20)19-10-5-11-23-2/h3-4,6-9H,5,10-13H2,1-2H3,(H,19,20). The molecule has 0 aliphatic heterocycles. The van der Waals surface area contributed by atoms with Crippen LogP contribution in [0.3, 0.4) is 0 Å². The number of hydrogen-bond acceptors (Lipinski definition) is 5. The molecule has 1 aromatic carbocycles. The van der Waals surface area contributed by atoms with E-state index in [9.17, 15) is 13.2 Å². The van der Waals surface area contributed by atoms with Crippen LogP contribution in [-0.2, 0) is 26.1 Å². The van der Waals surface area contributed by atoms with Gasteiger partial charge >= 0.3 is 0 Å². The molecular formula is C18H23NO5S. The van der Waals surface area contributed by atoms with Crippen molar-refractivity contribution in [2.45, 2.75) is 24.9 Å². The van der Waals surface area contributed by atoms with Crippen molar-refractivity contribution in [3.63, 3.8) is 0 Å². The quantitative estimate of drug-likeness (QED) is 0.690. The maximum absolute atomic E-state index is 12.4. The van der Waals surface area contributed by atoms with Crippen molar-refractivity contribution in [3.8, 4) is 0 Å². The second-order valence-corrected chi connectivity index (χ2v) is 7.89. The maximum Gasteiger partial charge on any atom is 0.286 e. The van der Waals surface area contributed by atoms with Gasteiger partial charge in [-0.05, 0) is 36.6 Å². The lowest BCUT2D eigenvalue weighted by Crippen LogP contribution is -2.24. The van der Waals surface area contributed by atoms with E-state index in [2.05, 4.69) is 5.32 Å². The highest BCUT2D eigenvalue weighted by molar-refractivity contribution is 7.89. The van der Waals surface area contributed by atoms with E-state index < -0.39 is 9.84 Å². The van der Waals surface area contributed by atoms with Crippen molar-refractivity contribution >= 4 is 15.7 Å². The molecule has 0 aliphatic rings. The van der Waals surface area contributed by atoms with Gasteiger partial charge < -0.3 is 14.5 Å². The summed E-state index contributed by atoms with van der Waals surface area (Å²) >= 11 is 0. The summed E-state index contributed by atoms with van der Waals surface area (Å²) in [7, 11) is -1.79. The number of carbonyl (C=O) groups excluding carboxylic acids is 1. The molecule has 25 heavy (non-hydrogen) atoms. The van der Waals surface area contributed by atoms with Gasteiger partial charge in [-0.2, -0.15) is 0 Å². The third-order valence-corrected chi connectivity index (χ3v) is 5.17. The lowest BCUT2D eigenvalue weighted by molar-refractivity contribution is 0.0919. The van der Waals surface area contributed by atoms with Gasteiger partial charge in [-0.3, -0.25) is 4.79 Å². The van der Waals surface area contributed by atoms with Crippen LogP contribution < -0.4 is 5.32 Å². The smallest absolute Gasteiger partial charge is 0.286 e. The number of carbonyl (C=O) groups is 1. The van der Waals surface area contributed by atoms with Crippen molar-refractivity contribution in [2.75, 3.05) is 20.3 Å². The number of ether oxygens (including phenoxy) is 1. The molecule has 0 spiro atoms. The highest BCUT2D eigenvalue weighted by Crippen LogP contribution is 2.17. The second-order valence-electron chi connectivity index (χ2n) is 5.83. The highest BCUT2D eigenvalue weighted by Gasteiger charge is 2.18. The minimum Gasteiger partial charge on any atom is -0.455 e. The van der Waals surface area contributed by atoms with Crippen LogP contribution in [0.4, 0.5) is 0 Å². The summed E-state index contributed by atoms with van der Waals surface area (Å²) in [4.78, 5) is 11.9. The Bertz CT molecular complexity index is 810. The van der Waals surface area contributed by atoms with E-state index in [1.54, 1.807) is 13.2 Å². The fraction of sp³-hybridized carbons (Fsp3) is 0.389. The fourth-order valence-corrected chi connectivity index (χ4v) is 3.85. The van der Waals surface area contributed by atoms with Crippen LogP contribution in [0.1, 0.15) is 33.9 Å². The molecule has 7 heteroatoms. The molecule has 6 nitrogen and oxygen atoms in total. The molecule has 0 saturated carbocycles. The third-order valence-electron chi connectivity index (χ3n) is 3.70. The predicted octanol–water partition coefficient (Wildman–Crippen LogP) is 2.47. The maximum atomic E-state index is 12.4. The number of furan rings is 1. The largest absolute Gasteiger partial charge is 0.455 e. The molecule has 0 atom stereocenters. The van der Waals surface area contributed by atoms with Gasteiger partial charge in [0, 0.05) is 20.3 Å². The van der Waals surface area contributed by atoms with Gasteiger partial charge in [0.25, 0.3) is 5.91 Å². The summed E-state index contributed by atoms with van der Waals surface area (Å²) in [5.41, 5.74) is 1.70.